The fourth-order valence-corrected chi connectivity index (χ4v) is 5.40. The maximum Gasteiger partial charge on any atom is 0.523 e. The average molecular weight is 559 g/mol. The minimum atomic E-state index is -5.74. The van der Waals surface area contributed by atoms with E-state index in [0.717, 1.165) is 16.5 Å². The van der Waals surface area contributed by atoms with Crippen LogP contribution in [0.3, 0.4) is 0 Å². The van der Waals surface area contributed by atoms with E-state index in [1.165, 1.54) is 0 Å². The van der Waals surface area contributed by atoms with Gasteiger partial charge >= 0.3 is 15.6 Å². The van der Waals surface area contributed by atoms with E-state index in [-0.39, 0.29) is 12.3 Å². The Hall–Kier alpha value is -0.980. The van der Waals surface area contributed by atoms with E-state index in [4.69, 9.17) is 21.1 Å². The normalized spacial score (nSPS) is 27.7. The highest BCUT2D eigenvalue weighted by Gasteiger charge is 2.58. The summed E-state index contributed by atoms with van der Waals surface area (Å²) in [7, 11) is -5.74. The molecule has 4 atom stereocenters. The molecule has 4 rings (SSSR count). The first kappa shape index (κ1) is 24.2. The second-order valence-electron chi connectivity index (χ2n) is 8.42. The van der Waals surface area contributed by atoms with Crippen molar-refractivity contribution in [3.05, 3.63) is 39.5 Å². The predicted octanol–water partition coefficient (Wildman–Crippen LogP) is 5.36. The number of alkyl halides is 3. The van der Waals surface area contributed by atoms with Crippen molar-refractivity contribution in [1.82, 2.24) is 4.98 Å². The Morgan fingerprint density at radius 1 is 1.25 bits per heavy atom. The topological polar surface area (TPSA) is 74.7 Å². The lowest BCUT2D eigenvalue weighted by molar-refractivity contribution is -0.165. The number of pyridine rings is 1. The first-order chi connectivity index (χ1) is 14.8. The van der Waals surface area contributed by atoms with Crippen molar-refractivity contribution in [2.45, 2.75) is 62.7 Å². The summed E-state index contributed by atoms with van der Waals surface area (Å²) in [6.07, 6.45) is -1.54. The number of rotatable bonds is 5. The van der Waals surface area contributed by atoms with Gasteiger partial charge in [0.15, 0.2) is 5.79 Å². The molecule has 2 heterocycles. The van der Waals surface area contributed by atoms with Crippen LogP contribution in [-0.2, 0) is 30.2 Å². The van der Waals surface area contributed by atoms with Gasteiger partial charge in [-0.05, 0) is 72.7 Å². The zero-order valence-electron chi connectivity index (χ0n) is 17.0. The lowest BCUT2D eigenvalue weighted by Crippen LogP contribution is -2.36. The predicted molar refractivity (Wildman–Crippen MR) is 115 cm³/mol. The number of fused-ring (bicyclic) bond motifs is 2. The van der Waals surface area contributed by atoms with Gasteiger partial charge in [-0.1, -0.05) is 23.7 Å². The van der Waals surface area contributed by atoms with Gasteiger partial charge in [-0.2, -0.15) is 21.6 Å². The maximum absolute atomic E-state index is 12.8. The van der Waals surface area contributed by atoms with Crippen molar-refractivity contribution in [3.8, 4) is 0 Å². The Balaban J connectivity index is 1.51. The van der Waals surface area contributed by atoms with Crippen molar-refractivity contribution in [3.63, 3.8) is 0 Å². The van der Waals surface area contributed by atoms with Gasteiger partial charge in [0.1, 0.15) is 17.4 Å². The number of halogens is 5. The number of benzene rings is 1. The van der Waals surface area contributed by atoms with E-state index >= 15 is 0 Å². The molecule has 0 N–H and O–H groups in total. The highest BCUT2D eigenvalue weighted by Crippen LogP contribution is 2.45. The van der Waals surface area contributed by atoms with Gasteiger partial charge < -0.3 is 9.47 Å². The zero-order chi connectivity index (χ0) is 23.5. The minimum absolute atomic E-state index is 0.0747. The first-order valence-electron chi connectivity index (χ1n) is 9.86. The molecule has 2 aromatic rings. The Kier molecular flexibility index (Phi) is 6.30. The van der Waals surface area contributed by atoms with Crippen molar-refractivity contribution in [2.24, 2.45) is 5.92 Å². The number of ether oxygens (including phenoxy) is 2. The summed E-state index contributed by atoms with van der Waals surface area (Å²) in [5.41, 5.74) is -3.81. The Bertz CT molecular complexity index is 1140. The molecular weight excluding hydrogens is 539 g/mol. The summed E-state index contributed by atoms with van der Waals surface area (Å²) in [6, 6.07) is 7.62. The number of nitrogens with zero attached hydrogens (tertiary/aromatic N) is 1. The lowest BCUT2D eigenvalue weighted by Gasteiger charge is -2.23. The van der Waals surface area contributed by atoms with Crippen molar-refractivity contribution >= 4 is 48.6 Å². The molecule has 176 valence electrons. The van der Waals surface area contributed by atoms with Crippen LogP contribution < -0.4 is 0 Å². The van der Waals surface area contributed by atoms with Crippen molar-refractivity contribution in [2.75, 3.05) is 0 Å². The van der Waals surface area contributed by atoms with E-state index in [1.54, 1.807) is 13.8 Å². The molecule has 2 fully saturated rings. The van der Waals surface area contributed by atoms with Crippen LogP contribution in [0.4, 0.5) is 13.2 Å². The van der Waals surface area contributed by atoms with Crippen LogP contribution in [0.25, 0.3) is 10.9 Å². The summed E-state index contributed by atoms with van der Waals surface area (Å²) >= 11 is 9.42. The largest absolute Gasteiger partial charge is 0.523 e. The molecule has 0 unspecified atom stereocenters. The van der Waals surface area contributed by atoms with Crippen LogP contribution in [0.1, 0.15) is 32.3 Å². The Morgan fingerprint density at radius 2 is 1.94 bits per heavy atom. The molecule has 0 amide bonds. The molecule has 1 aromatic heterocycles. The fourth-order valence-electron chi connectivity index (χ4n) is 4.30. The van der Waals surface area contributed by atoms with Crippen LogP contribution in [0, 0.1) is 5.92 Å². The number of aromatic nitrogens is 1. The second kappa shape index (κ2) is 8.35. The van der Waals surface area contributed by atoms with Crippen LogP contribution >= 0.6 is 27.5 Å². The average Bonchev–Trinajstić information content (AvgIpc) is 3.13. The molecule has 0 radical (unpaired) electrons. The summed E-state index contributed by atoms with van der Waals surface area (Å²) in [6.45, 7) is 3.27. The Morgan fingerprint density at radius 3 is 2.62 bits per heavy atom. The Labute approximate surface area is 196 Å². The van der Waals surface area contributed by atoms with Crippen molar-refractivity contribution < 1.29 is 35.2 Å². The number of hydrogen-bond donors (Lipinski definition) is 0. The minimum Gasteiger partial charge on any atom is -0.344 e. The molecule has 0 spiro atoms. The standard InChI is InChI=1S/C20H20BrClF3NO5S/c1-19(2)29-16-12(9-15(17(16)30-19)31-32(27,28)20(23,24)25)6-4-10-3-5-11-8-13(21)18(22)26-14(11)7-10/h3,5,7-8,12,15-17H,4,6,9H2,1-2H3/t12-,15-,16+,17-/m0/s1. The third-order valence-electron chi connectivity index (χ3n) is 5.66. The van der Waals surface area contributed by atoms with Crippen LogP contribution in [0.15, 0.2) is 28.7 Å². The molecule has 1 aromatic carbocycles. The molecular formula is C20H20BrClF3NO5S. The summed E-state index contributed by atoms with van der Waals surface area (Å²) < 4.78 is 78.4. The molecule has 1 aliphatic heterocycles. The van der Waals surface area contributed by atoms with E-state index in [0.29, 0.717) is 22.5 Å². The third-order valence-corrected chi connectivity index (χ3v) is 7.85. The molecule has 6 nitrogen and oxygen atoms in total. The maximum atomic E-state index is 12.8. The van der Waals surface area contributed by atoms with Gasteiger partial charge in [0, 0.05) is 5.39 Å². The monoisotopic (exact) mass is 557 g/mol. The summed E-state index contributed by atoms with van der Waals surface area (Å²) in [4.78, 5) is 4.34. The highest BCUT2D eigenvalue weighted by molar-refractivity contribution is 9.10. The quantitative estimate of drug-likeness (QED) is 0.280. The molecule has 32 heavy (non-hydrogen) atoms. The molecule has 12 heteroatoms. The number of aryl methyl sites for hydroxylation is 1. The first-order valence-corrected chi connectivity index (χ1v) is 12.4. The van der Waals surface area contributed by atoms with Gasteiger partial charge in [0.2, 0.25) is 0 Å². The van der Waals surface area contributed by atoms with Crippen molar-refractivity contribution in [1.29, 1.82) is 0 Å². The molecule has 0 bridgehead atoms. The zero-order valence-corrected chi connectivity index (χ0v) is 20.2. The molecule has 1 aliphatic carbocycles. The van der Waals surface area contributed by atoms with E-state index in [2.05, 4.69) is 25.1 Å². The summed E-state index contributed by atoms with van der Waals surface area (Å²) in [5, 5.41) is 1.25. The van der Waals surface area contributed by atoms with Crippen LogP contribution in [0.5, 0.6) is 0 Å². The van der Waals surface area contributed by atoms with E-state index in [9.17, 15) is 21.6 Å². The van der Waals surface area contributed by atoms with Gasteiger partial charge in [0.25, 0.3) is 0 Å². The number of hydrogen-bond acceptors (Lipinski definition) is 6. The van der Waals surface area contributed by atoms with E-state index < -0.39 is 39.7 Å². The SMILES string of the molecule is CC1(C)O[C@@H]2[C@@H](CCc3ccc4cc(Br)c(Cl)nc4c3)C[C@H](OS(=O)(=O)C(F)(F)F)[C@@H]2O1. The van der Waals surface area contributed by atoms with E-state index in [1.807, 2.05) is 24.3 Å². The van der Waals surface area contributed by atoms with Crippen LogP contribution in [-0.4, -0.2) is 43.0 Å². The van der Waals surface area contributed by atoms with Gasteiger partial charge in [-0.25, -0.2) is 4.98 Å². The molecule has 1 saturated heterocycles. The molecule has 2 aliphatic rings. The molecule has 1 saturated carbocycles. The highest BCUT2D eigenvalue weighted by atomic mass is 79.9. The van der Waals surface area contributed by atoms with Crippen LogP contribution in [0.2, 0.25) is 5.15 Å². The lowest BCUT2D eigenvalue weighted by atomic mass is 9.95. The van der Waals surface area contributed by atoms with Gasteiger partial charge in [0.05, 0.1) is 16.1 Å². The van der Waals surface area contributed by atoms with Gasteiger partial charge in [-0.3, -0.25) is 4.18 Å². The van der Waals surface area contributed by atoms with Gasteiger partial charge in [-0.15, -0.1) is 0 Å². The smallest absolute Gasteiger partial charge is 0.344 e. The third kappa shape index (κ3) is 4.78. The second-order valence-corrected chi connectivity index (χ2v) is 11.2. The summed E-state index contributed by atoms with van der Waals surface area (Å²) in [5.74, 6) is -1.29. The fraction of sp³-hybridized carbons (Fsp3) is 0.550.